The third kappa shape index (κ3) is 7.57. The molecule has 0 fully saturated rings. The van der Waals surface area contributed by atoms with E-state index in [1.807, 2.05) is 24.3 Å². The summed E-state index contributed by atoms with van der Waals surface area (Å²) in [4.78, 5) is 28.1. The molecule has 0 saturated heterocycles. The van der Waals surface area contributed by atoms with E-state index in [1.54, 1.807) is 12.1 Å². The zero-order chi connectivity index (χ0) is 22.3. The number of nitro benzene ring substituents is 1. The summed E-state index contributed by atoms with van der Waals surface area (Å²) in [6.45, 7) is 1.09. The van der Waals surface area contributed by atoms with E-state index in [0.29, 0.717) is 36.4 Å². The summed E-state index contributed by atoms with van der Waals surface area (Å²) in [6.07, 6.45) is 0.277. The lowest BCUT2D eigenvalue weighted by molar-refractivity contribution is -0.384. The molecule has 1 aromatic heterocycles. The Morgan fingerprint density at radius 1 is 1.13 bits per heavy atom. The molecule has 3 N–H and O–H groups in total. The summed E-state index contributed by atoms with van der Waals surface area (Å²) in [5.41, 5.74) is 2.61. The molecule has 10 nitrogen and oxygen atoms in total. The van der Waals surface area contributed by atoms with Crippen LogP contribution in [0.1, 0.15) is 17.5 Å². The number of rotatable bonds is 11. The van der Waals surface area contributed by atoms with Gasteiger partial charge in [0.2, 0.25) is 5.89 Å². The molecule has 0 aliphatic carbocycles. The Morgan fingerprint density at radius 3 is 2.61 bits per heavy atom. The summed E-state index contributed by atoms with van der Waals surface area (Å²) < 4.78 is 16.5. The Bertz CT molecular complexity index is 1070. The SMILES string of the molecule is O=[N+]([O-])c1cccc(CSc2nnc(-c3ccc(CNCCCP(=O)(O)O)cc3)o2)c1. The molecule has 3 aromatic rings. The van der Waals surface area contributed by atoms with Gasteiger partial charge in [-0.3, -0.25) is 14.7 Å². The van der Waals surface area contributed by atoms with Gasteiger partial charge in [0.25, 0.3) is 10.9 Å². The lowest BCUT2D eigenvalue weighted by Crippen LogP contribution is -2.15. The van der Waals surface area contributed by atoms with Crippen LogP contribution in [0.25, 0.3) is 11.5 Å². The Hall–Kier alpha value is -2.56. The number of benzene rings is 2. The van der Waals surface area contributed by atoms with Gasteiger partial charge in [-0.25, -0.2) is 0 Å². The van der Waals surface area contributed by atoms with Crippen molar-refractivity contribution in [3.05, 3.63) is 69.8 Å². The molecule has 0 aliphatic rings. The Balaban J connectivity index is 1.49. The minimum absolute atomic E-state index is 0.0423. The maximum atomic E-state index is 10.9. The van der Waals surface area contributed by atoms with Crippen LogP contribution in [0.5, 0.6) is 0 Å². The lowest BCUT2D eigenvalue weighted by atomic mass is 10.1. The average molecular weight is 464 g/mol. The number of nitrogens with one attached hydrogen (secondary N) is 1. The van der Waals surface area contributed by atoms with Gasteiger partial charge >= 0.3 is 7.60 Å². The lowest BCUT2D eigenvalue weighted by Gasteiger charge is -2.06. The quantitative estimate of drug-likeness (QED) is 0.126. The van der Waals surface area contributed by atoms with Crippen molar-refractivity contribution in [3.8, 4) is 11.5 Å². The van der Waals surface area contributed by atoms with Crippen molar-refractivity contribution >= 4 is 25.0 Å². The Morgan fingerprint density at radius 2 is 1.90 bits per heavy atom. The van der Waals surface area contributed by atoms with Gasteiger partial charge in [0.1, 0.15) is 0 Å². The van der Waals surface area contributed by atoms with E-state index in [1.165, 1.54) is 23.9 Å². The molecule has 0 atom stereocenters. The highest BCUT2D eigenvalue weighted by Crippen LogP contribution is 2.34. The minimum atomic E-state index is -3.94. The van der Waals surface area contributed by atoms with E-state index in [4.69, 9.17) is 14.2 Å². The summed E-state index contributed by atoms with van der Waals surface area (Å²) in [5.74, 6) is 0.846. The van der Waals surface area contributed by atoms with E-state index in [0.717, 1.165) is 16.7 Å². The van der Waals surface area contributed by atoms with Gasteiger partial charge in [0, 0.05) is 30.0 Å². The van der Waals surface area contributed by atoms with Crippen molar-refractivity contribution in [2.45, 2.75) is 23.9 Å². The highest BCUT2D eigenvalue weighted by Gasteiger charge is 2.12. The first-order chi connectivity index (χ1) is 14.8. The van der Waals surface area contributed by atoms with Crippen LogP contribution in [0.2, 0.25) is 0 Å². The van der Waals surface area contributed by atoms with Crippen molar-refractivity contribution in [2.24, 2.45) is 0 Å². The Labute approximate surface area is 182 Å². The average Bonchev–Trinajstić information content (AvgIpc) is 3.21. The van der Waals surface area contributed by atoms with Gasteiger partial charge in [-0.15, -0.1) is 10.2 Å². The fraction of sp³-hybridized carbons (Fsp3) is 0.263. The van der Waals surface area contributed by atoms with Gasteiger partial charge in [-0.1, -0.05) is 36.0 Å². The Kier molecular flexibility index (Phi) is 7.94. The summed E-state index contributed by atoms with van der Waals surface area (Å²) in [7, 11) is -3.94. The molecule has 0 aliphatic heterocycles. The topological polar surface area (TPSA) is 152 Å². The number of nitrogens with zero attached hydrogens (tertiary/aromatic N) is 3. The zero-order valence-corrected chi connectivity index (χ0v) is 18.1. The first-order valence-corrected chi connectivity index (χ1v) is 12.1. The highest BCUT2D eigenvalue weighted by molar-refractivity contribution is 7.98. The van der Waals surface area contributed by atoms with Gasteiger partial charge in [-0.2, -0.15) is 0 Å². The van der Waals surface area contributed by atoms with Crippen LogP contribution in [0.15, 0.2) is 58.2 Å². The summed E-state index contributed by atoms with van der Waals surface area (Å²) in [5, 5.41) is 22.4. The monoisotopic (exact) mass is 464 g/mol. The molecule has 0 spiro atoms. The standard InChI is InChI=1S/C19H21N4O6PS/c24-23(25)17-4-1-3-15(11-17)13-31-19-22-21-18(29-19)16-7-5-14(6-8-16)12-20-9-2-10-30(26,27)28/h1,3-8,11,20H,2,9-10,12-13H2,(H2,26,27,28). The van der Waals surface area contributed by atoms with Crippen LogP contribution in [0.3, 0.4) is 0 Å². The fourth-order valence-corrected chi connectivity index (χ4v) is 3.97. The van der Waals surface area contributed by atoms with Crippen LogP contribution in [0, 0.1) is 10.1 Å². The van der Waals surface area contributed by atoms with Crippen molar-refractivity contribution in [3.63, 3.8) is 0 Å². The molecular weight excluding hydrogens is 443 g/mol. The smallest absolute Gasteiger partial charge is 0.325 e. The molecule has 0 unspecified atom stereocenters. The predicted octanol–water partition coefficient (Wildman–Crippen LogP) is 3.59. The molecule has 0 saturated carbocycles. The van der Waals surface area contributed by atoms with Crippen LogP contribution in [-0.4, -0.2) is 37.6 Å². The maximum absolute atomic E-state index is 10.9. The second kappa shape index (κ2) is 10.7. The second-order valence-electron chi connectivity index (χ2n) is 6.70. The van der Waals surface area contributed by atoms with Crippen molar-refractivity contribution in [2.75, 3.05) is 12.7 Å². The third-order valence-electron chi connectivity index (χ3n) is 4.22. The summed E-state index contributed by atoms with van der Waals surface area (Å²) in [6, 6.07) is 13.9. The normalized spacial score (nSPS) is 11.5. The molecule has 2 aromatic carbocycles. The number of non-ortho nitro benzene ring substituents is 1. The summed E-state index contributed by atoms with van der Waals surface area (Å²) >= 11 is 1.30. The molecule has 164 valence electrons. The predicted molar refractivity (Wildman–Crippen MR) is 116 cm³/mol. The fourth-order valence-electron chi connectivity index (χ4n) is 2.70. The van der Waals surface area contributed by atoms with Crippen molar-refractivity contribution < 1.29 is 23.7 Å². The van der Waals surface area contributed by atoms with Crippen molar-refractivity contribution in [1.82, 2.24) is 15.5 Å². The number of aromatic nitrogens is 2. The number of nitro groups is 1. The van der Waals surface area contributed by atoms with Gasteiger partial charge in [0.05, 0.1) is 11.1 Å². The van der Waals surface area contributed by atoms with Gasteiger partial charge in [-0.05, 0) is 36.2 Å². The second-order valence-corrected chi connectivity index (χ2v) is 9.41. The molecule has 31 heavy (non-hydrogen) atoms. The molecule has 0 amide bonds. The molecule has 12 heteroatoms. The van der Waals surface area contributed by atoms with Crippen LogP contribution in [-0.2, 0) is 16.9 Å². The highest BCUT2D eigenvalue weighted by atomic mass is 32.2. The minimum Gasteiger partial charge on any atom is -0.411 e. The van der Waals surface area contributed by atoms with E-state index in [9.17, 15) is 14.7 Å². The molecule has 0 bridgehead atoms. The molecular formula is C19H21N4O6PS. The third-order valence-corrected chi connectivity index (χ3v) is 6.01. The van der Waals surface area contributed by atoms with E-state index in [-0.39, 0.29) is 11.8 Å². The van der Waals surface area contributed by atoms with Gasteiger partial charge < -0.3 is 19.5 Å². The number of thioether (sulfide) groups is 1. The van der Waals surface area contributed by atoms with Gasteiger partial charge in [0.15, 0.2) is 0 Å². The largest absolute Gasteiger partial charge is 0.411 e. The molecule has 0 radical (unpaired) electrons. The van der Waals surface area contributed by atoms with Crippen molar-refractivity contribution in [1.29, 1.82) is 0 Å². The molecule has 3 rings (SSSR count). The van der Waals surface area contributed by atoms with E-state index < -0.39 is 12.5 Å². The molecule has 1 heterocycles. The maximum Gasteiger partial charge on any atom is 0.325 e. The van der Waals surface area contributed by atoms with E-state index in [2.05, 4.69) is 15.5 Å². The first-order valence-electron chi connectivity index (χ1n) is 9.34. The first kappa shape index (κ1) is 23.1. The van der Waals surface area contributed by atoms with Crippen LogP contribution in [0.4, 0.5) is 5.69 Å². The van der Waals surface area contributed by atoms with Crippen LogP contribution >= 0.6 is 19.4 Å². The van der Waals surface area contributed by atoms with E-state index >= 15 is 0 Å². The number of hydrogen-bond acceptors (Lipinski definition) is 8. The zero-order valence-electron chi connectivity index (χ0n) is 16.4. The van der Waals surface area contributed by atoms with Crippen LogP contribution < -0.4 is 5.32 Å². The number of hydrogen-bond donors (Lipinski definition) is 3.